The monoisotopic (exact) mass is 316 g/mol. The molecule has 5 heteroatoms. The van der Waals surface area contributed by atoms with E-state index in [9.17, 15) is 10.1 Å². The van der Waals surface area contributed by atoms with Gasteiger partial charge in [0, 0.05) is 13.2 Å². The van der Waals surface area contributed by atoms with Gasteiger partial charge in [-0.05, 0) is 51.2 Å². The lowest BCUT2D eigenvalue weighted by Crippen LogP contribution is -2.44. The number of amides is 1. The molecule has 2 rings (SSSR count). The minimum atomic E-state index is -0.849. The van der Waals surface area contributed by atoms with E-state index in [1.54, 1.807) is 32.2 Å². The lowest BCUT2D eigenvalue weighted by molar-refractivity contribution is -0.138. The molecule has 1 amide bonds. The molecule has 0 spiro atoms. The first kappa shape index (κ1) is 17.3. The molecule has 1 N–H and O–H groups in total. The summed E-state index contributed by atoms with van der Waals surface area (Å²) < 4.78 is 11.2. The molecule has 1 saturated carbocycles. The molecule has 0 radical (unpaired) electrons. The Bertz CT molecular complexity index is 619. The van der Waals surface area contributed by atoms with Crippen molar-refractivity contribution in [3.63, 3.8) is 0 Å². The second-order valence-corrected chi connectivity index (χ2v) is 6.20. The molecule has 0 aliphatic heterocycles. The summed E-state index contributed by atoms with van der Waals surface area (Å²) in [6, 6.07) is 7.24. The first-order chi connectivity index (χ1) is 10.9. The van der Waals surface area contributed by atoms with Crippen LogP contribution in [0.2, 0.25) is 0 Å². The number of nitrogens with zero attached hydrogens (tertiary/aromatic N) is 1. The maximum atomic E-state index is 12.5. The molecule has 0 saturated heterocycles. The first-order valence-electron chi connectivity index (χ1n) is 8.02. The Morgan fingerprint density at radius 1 is 1.52 bits per heavy atom. The average molecular weight is 316 g/mol. The standard InChI is InChI=1S/C18H24N2O3/c1-5-12(2)23-15-8-9-16(13(10-15)11-19)20-17(21)18(3,22-4)14-6-7-14/h8-10,12,14H,5-7H2,1-4H3,(H,20,21). The largest absolute Gasteiger partial charge is 0.491 e. The SMILES string of the molecule is CCC(C)Oc1ccc(NC(=O)C(C)(OC)C2CC2)c(C#N)c1. The number of methoxy groups -OCH3 is 1. The molecule has 1 aromatic carbocycles. The summed E-state index contributed by atoms with van der Waals surface area (Å²) in [7, 11) is 1.55. The van der Waals surface area contributed by atoms with Crippen molar-refractivity contribution in [3.8, 4) is 11.8 Å². The van der Waals surface area contributed by atoms with Crippen molar-refractivity contribution < 1.29 is 14.3 Å². The maximum absolute atomic E-state index is 12.5. The number of nitrogens with one attached hydrogen (secondary N) is 1. The van der Waals surface area contributed by atoms with Crippen LogP contribution < -0.4 is 10.1 Å². The highest BCUT2D eigenvalue weighted by Gasteiger charge is 2.47. The van der Waals surface area contributed by atoms with E-state index < -0.39 is 5.60 Å². The van der Waals surface area contributed by atoms with E-state index in [-0.39, 0.29) is 17.9 Å². The van der Waals surface area contributed by atoms with Crippen LogP contribution in [0.4, 0.5) is 5.69 Å². The van der Waals surface area contributed by atoms with Crippen LogP contribution in [0, 0.1) is 17.2 Å². The Kier molecular flexibility index (Phi) is 5.27. The van der Waals surface area contributed by atoms with Crippen LogP contribution in [-0.2, 0) is 9.53 Å². The van der Waals surface area contributed by atoms with Gasteiger partial charge >= 0.3 is 0 Å². The number of anilines is 1. The summed E-state index contributed by atoms with van der Waals surface area (Å²) >= 11 is 0. The molecule has 1 aromatic rings. The van der Waals surface area contributed by atoms with Gasteiger partial charge in [-0.25, -0.2) is 0 Å². The van der Waals surface area contributed by atoms with Gasteiger partial charge in [0.25, 0.3) is 5.91 Å². The van der Waals surface area contributed by atoms with Crippen molar-refractivity contribution in [2.75, 3.05) is 12.4 Å². The maximum Gasteiger partial charge on any atom is 0.256 e. The molecular weight excluding hydrogens is 292 g/mol. The Morgan fingerprint density at radius 2 is 2.22 bits per heavy atom. The zero-order valence-electron chi connectivity index (χ0n) is 14.2. The molecule has 0 aromatic heterocycles. The van der Waals surface area contributed by atoms with Gasteiger partial charge < -0.3 is 14.8 Å². The van der Waals surface area contributed by atoms with Crippen LogP contribution in [0.3, 0.4) is 0 Å². The highest BCUT2D eigenvalue weighted by Crippen LogP contribution is 2.42. The fourth-order valence-corrected chi connectivity index (χ4v) is 2.44. The number of benzene rings is 1. The third kappa shape index (κ3) is 3.83. The lowest BCUT2D eigenvalue weighted by atomic mass is 9.98. The quantitative estimate of drug-likeness (QED) is 0.836. The van der Waals surface area contributed by atoms with Gasteiger partial charge in [0.1, 0.15) is 17.4 Å². The van der Waals surface area contributed by atoms with Crippen LogP contribution in [0.1, 0.15) is 45.6 Å². The molecule has 0 heterocycles. The zero-order chi connectivity index (χ0) is 17.0. The second-order valence-electron chi connectivity index (χ2n) is 6.20. The number of carbonyl (C=O) groups is 1. The zero-order valence-corrected chi connectivity index (χ0v) is 14.2. The van der Waals surface area contributed by atoms with Gasteiger partial charge in [-0.3, -0.25) is 4.79 Å². The fraction of sp³-hybridized carbons (Fsp3) is 0.556. The first-order valence-corrected chi connectivity index (χ1v) is 8.02. The number of hydrogen-bond acceptors (Lipinski definition) is 4. The number of hydrogen-bond donors (Lipinski definition) is 1. The van der Waals surface area contributed by atoms with Crippen LogP contribution in [0.25, 0.3) is 0 Å². The Balaban J connectivity index is 2.16. The minimum absolute atomic E-state index is 0.0774. The van der Waals surface area contributed by atoms with Gasteiger partial charge in [-0.1, -0.05) is 6.92 Å². The topological polar surface area (TPSA) is 71.3 Å². The molecule has 1 fully saturated rings. The minimum Gasteiger partial charge on any atom is -0.491 e. The van der Waals surface area contributed by atoms with Crippen LogP contribution in [0.15, 0.2) is 18.2 Å². The number of nitriles is 1. The van der Waals surface area contributed by atoms with E-state index in [2.05, 4.69) is 11.4 Å². The molecular formula is C18H24N2O3. The predicted octanol–water partition coefficient (Wildman–Crippen LogP) is 3.49. The predicted molar refractivity (Wildman–Crippen MR) is 88.3 cm³/mol. The Morgan fingerprint density at radius 3 is 2.74 bits per heavy atom. The van der Waals surface area contributed by atoms with Crippen molar-refractivity contribution >= 4 is 11.6 Å². The molecule has 1 aliphatic rings. The highest BCUT2D eigenvalue weighted by atomic mass is 16.5. The van der Waals surface area contributed by atoms with Gasteiger partial charge in [0.15, 0.2) is 0 Å². The van der Waals surface area contributed by atoms with E-state index in [0.29, 0.717) is 17.0 Å². The van der Waals surface area contributed by atoms with Gasteiger partial charge in [-0.15, -0.1) is 0 Å². The third-order valence-electron chi connectivity index (χ3n) is 4.50. The van der Waals surface area contributed by atoms with Crippen LogP contribution in [0.5, 0.6) is 5.75 Å². The summed E-state index contributed by atoms with van der Waals surface area (Å²) in [5, 5.41) is 12.2. The van der Waals surface area contributed by atoms with E-state index in [4.69, 9.17) is 9.47 Å². The van der Waals surface area contributed by atoms with Crippen molar-refractivity contribution in [2.45, 2.75) is 51.7 Å². The molecule has 5 nitrogen and oxygen atoms in total. The van der Waals surface area contributed by atoms with E-state index >= 15 is 0 Å². The van der Waals surface area contributed by atoms with Gasteiger partial charge in [0.2, 0.25) is 0 Å². The molecule has 124 valence electrons. The summed E-state index contributed by atoms with van der Waals surface area (Å²) in [5.74, 6) is 0.659. The number of rotatable bonds is 7. The molecule has 2 unspecified atom stereocenters. The van der Waals surface area contributed by atoms with Crippen LogP contribution >= 0.6 is 0 Å². The number of carbonyl (C=O) groups excluding carboxylic acids is 1. The van der Waals surface area contributed by atoms with Crippen LogP contribution in [-0.4, -0.2) is 24.7 Å². The molecule has 1 aliphatic carbocycles. The van der Waals surface area contributed by atoms with E-state index in [0.717, 1.165) is 19.3 Å². The molecule has 2 atom stereocenters. The average Bonchev–Trinajstić information content (AvgIpc) is 3.40. The van der Waals surface area contributed by atoms with Crippen molar-refractivity contribution in [1.82, 2.24) is 0 Å². The second kappa shape index (κ2) is 7.01. The van der Waals surface area contributed by atoms with Gasteiger partial charge in [0.05, 0.1) is 17.4 Å². The smallest absolute Gasteiger partial charge is 0.256 e. The normalized spacial score (nSPS) is 17.7. The molecule has 0 bridgehead atoms. The Labute approximate surface area is 137 Å². The summed E-state index contributed by atoms with van der Waals surface area (Å²) in [6.07, 6.45) is 2.94. The summed E-state index contributed by atoms with van der Waals surface area (Å²) in [4.78, 5) is 12.5. The third-order valence-corrected chi connectivity index (χ3v) is 4.50. The summed E-state index contributed by atoms with van der Waals surface area (Å²) in [5.41, 5.74) is 0.0184. The lowest BCUT2D eigenvalue weighted by Gasteiger charge is -2.27. The summed E-state index contributed by atoms with van der Waals surface area (Å²) in [6.45, 7) is 5.81. The van der Waals surface area contributed by atoms with Crippen molar-refractivity contribution in [2.24, 2.45) is 5.92 Å². The van der Waals surface area contributed by atoms with Gasteiger partial charge in [-0.2, -0.15) is 5.26 Å². The van der Waals surface area contributed by atoms with Crippen molar-refractivity contribution in [1.29, 1.82) is 5.26 Å². The van der Waals surface area contributed by atoms with E-state index in [1.165, 1.54) is 0 Å². The fourth-order valence-electron chi connectivity index (χ4n) is 2.44. The Hall–Kier alpha value is -2.06. The highest BCUT2D eigenvalue weighted by molar-refractivity contribution is 5.98. The molecule has 23 heavy (non-hydrogen) atoms. The van der Waals surface area contributed by atoms with Crippen molar-refractivity contribution in [3.05, 3.63) is 23.8 Å². The number of ether oxygens (including phenoxy) is 2. The van der Waals surface area contributed by atoms with E-state index in [1.807, 2.05) is 13.8 Å².